The number of benzene rings is 2. The van der Waals surface area contributed by atoms with Gasteiger partial charge in [0.2, 0.25) is 5.78 Å². The first-order valence-electron chi connectivity index (χ1n) is 11.5. The summed E-state index contributed by atoms with van der Waals surface area (Å²) in [6.45, 7) is -0.0893. The number of ketones is 1. The Labute approximate surface area is 196 Å². The molecule has 1 saturated carbocycles. The van der Waals surface area contributed by atoms with Crippen LogP contribution in [-0.4, -0.2) is 45.7 Å². The number of rotatable bonds is 7. The van der Waals surface area contributed by atoms with Gasteiger partial charge in [0.25, 0.3) is 5.91 Å². The van der Waals surface area contributed by atoms with Crippen molar-refractivity contribution in [3.8, 4) is 0 Å². The molecule has 2 heterocycles. The molecule has 5 rings (SSSR count). The molecule has 3 amide bonds. The number of para-hydroxylation sites is 1. The Morgan fingerprint density at radius 3 is 2.47 bits per heavy atom. The van der Waals surface area contributed by atoms with Crippen molar-refractivity contribution in [2.45, 2.75) is 43.7 Å². The Kier molecular flexibility index (Phi) is 5.65. The lowest BCUT2D eigenvalue weighted by Crippen LogP contribution is -2.44. The van der Waals surface area contributed by atoms with Gasteiger partial charge >= 0.3 is 12.0 Å². The molecule has 1 aliphatic heterocycles. The second kappa shape index (κ2) is 8.78. The molecule has 0 bridgehead atoms. The number of amides is 3. The molecule has 8 heteroatoms. The van der Waals surface area contributed by atoms with Crippen molar-refractivity contribution < 1.29 is 23.9 Å². The highest BCUT2D eigenvalue weighted by Crippen LogP contribution is 2.35. The molecule has 2 aliphatic rings. The number of H-pyrrole nitrogens is 1. The number of hydrogen-bond acceptors (Lipinski definition) is 5. The van der Waals surface area contributed by atoms with Crippen molar-refractivity contribution >= 4 is 34.6 Å². The molecule has 1 saturated heterocycles. The molecule has 1 atom stereocenters. The molecule has 0 radical (unpaired) electrons. The Morgan fingerprint density at radius 1 is 1.00 bits per heavy atom. The predicted octanol–water partition coefficient (Wildman–Crippen LogP) is 3.89. The van der Waals surface area contributed by atoms with E-state index in [0.717, 1.165) is 28.6 Å². The summed E-state index contributed by atoms with van der Waals surface area (Å²) < 4.78 is 5.65. The van der Waals surface area contributed by atoms with Gasteiger partial charge in [0.1, 0.15) is 5.54 Å². The summed E-state index contributed by atoms with van der Waals surface area (Å²) in [6.07, 6.45) is 3.29. The third-order valence-corrected chi connectivity index (χ3v) is 6.69. The second-order valence-electron chi connectivity index (χ2n) is 8.82. The molecule has 1 unspecified atom stereocenters. The minimum atomic E-state index is -1.14. The van der Waals surface area contributed by atoms with E-state index in [0.29, 0.717) is 24.0 Å². The number of ether oxygens (including phenoxy) is 1. The second-order valence-corrected chi connectivity index (χ2v) is 8.82. The smallest absolute Gasteiger partial charge is 0.325 e. The maximum atomic E-state index is 13.5. The maximum Gasteiger partial charge on any atom is 0.325 e. The van der Waals surface area contributed by atoms with Crippen molar-refractivity contribution in [2.24, 2.45) is 0 Å². The Hall–Kier alpha value is -3.94. The fraction of sp³-hybridized carbons (Fsp3) is 0.308. The fourth-order valence-electron chi connectivity index (χ4n) is 4.91. The standard InChI is InChI=1S/C26H25N3O5/c30-21(12-15-29-24(32)26(28-25(29)33)13-6-7-14-26)34-23(17-8-2-1-3-9-17)22(31)19-16-27-20-11-5-4-10-18(19)20/h1-5,8-11,16,23,27H,6-7,12-15H2,(H,28,33). The van der Waals surface area contributed by atoms with E-state index in [2.05, 4.69) is 10.3 Å². The van der Waals surface area contributed by atoms with E-state index in [1.807, 2.05) is 30.3 Å². The Balaban J connectivity index is 1.32. The van der Waals surface area contributed by atoms with Crippen LogP contribution in [0.3, 0.4) is 0 Å². The number of esters is 1. The minimum absolute atomic E-state index is 0.0893. The molecular weight excluding hydrogens is 434 g/mol. The number of carbonyl (C=O) groups excluding carboxylic acids is 4. The number of aromatic nitrogens is 1. The molecule has 174 valence electrons. The van der Waals surface area contributed by atoms with Gasteiger partial charge in [-0.05, 0) is 18.9 Å². The lowest BCUT2D eigenvalue weighted by atomic mass is 9.98. The van der Waals surface area contributed by atoms with Crippen LogP contribution in [-0.2, 0) is 14.3 Å². The van der Waals surface area contributed by atoms with E-state index < -0.39 is 23.6 Å². The van der Waals surface area contributed by atoms with E-state index in [1.165, 1.54) is 0 Å². The molecule has 2 fully saturated rings. The minimum Gasteiger partial charge on any atom is -0.449 e. The van der Waals surface area contributed by atoms with Crippen LogP contribution in [0, 0.1) is 0 Å². The van der Waals surface area contributed by atoms with Crippen LogP contribution in [0.2, 0.25) is 0 Å². The normalized spacial score (nSPS) is 17.8. The number of hydrogen-bond donors (Lipinski definition) is 2. The average molecular weight is 460 g/mol. The van der Waals surface area contributed by atoms with Crippen molar-refractivity contribution in [1.82, 2.24) is 15.2 Å². The van der Waals surface area contributed by atoms with Crippen molar-refractivity contribution in [3.05, 3.63) is 71.9 Å². The van der Waals surface area contributed by atoms with E-state index >= 15 is 0 Å². The van der Waals surface area contributed by atoms with E-state index in [4.69, 9.17) is 4.74 Å². The van der Waals surface area contributed by atoms with Crippen molar-refractivity contribution in [3.63, 3.8) is 0 Å². The summed E-state index contributed by atoms with van der Waals surface area (Å²) in [7, 11) is 0. The molecule has 1 aliphatic carbocycles. The van der Waals surface area contributed by atoms with Gasteiger partial charge in [0, 0.05) is 34.8 Å². The van der Waals surface area contributed by atoms with Crippen LogP contribution in [0.25, 0.3) is 10.9 Å². The number of Topliss-reactive ketones (excluding diaryl/α,β-unsaturated/α-hetero) is 1. The number of carbonyl (C=O) groups is 4. The lowest BCUT2D eigenvalue weighted by molar-refractivity contribution is -0.147. The summed E-state index contributed by atoms with van der Waals surface area (Å²) in [5.41, 5.74) is 0.961. The quantitative estimate of drug-likeness (QED) is 0.317. The summed E-state index contributed by atoms with van der Waals surface area (Å²) in [5.74, 6) is -1.29. The first kappa shape index (κ1) is 21.9. The molecule has 8 nitrogen and oxygen atoms in total. The van der Waals surface area contributed by atoms with Gasteiger partial charge < -0.3 is 15.0 Å². The van der Waals surface area contributed by atoms with Gasteiger partial charge in [-0.15, -0.1) is 0 Å². The van der Waals surface area contributed by atoms with Gasteiger partial charge in [-0.2, -0.15) is 0 Å². The van der Waals surface area contributed by atoms with Crippen molar-refractivity contribution in [1.29, 1.82) is 0 Å². The highest BCUT2D eigenvalue weighted by Gasteiger charge is 2.52. The fourth-order valence-corrected chi connectivity index (χ4v) is 4.91. The number of fused-ring (bicyclic) bond motifs is 1. The van der Waals surface area contributed by atoms with E-state index in [-0.39, 0.29) is 24.7 Å². The zero-order chi connectivity index (χ0) is 23.7. The average Bonchev–Trinajstić information content (AvgIpc) is 3.55. The monoisotopic (exact) mass is 459 g/mol. The summed E-state index contributed by atoms with van der Waals surface area (Å²) in [6, 6.07) is 15.7. The molecule has 34 heavy (non-hydrogen) atoms. The van der Waals surface area contributed by atoms with Crippen LogP contribution in [0.4, 0.5) is 4.79 Å². The van der Waals surface area contributed by atoms with E-state index in [9.17, 15) is 19.2 Å². The maximum absolute atomic E-state index is 13.5. The third kappa shape index (κ3) is 3.85. The van der Waals surface area contributed by atoms with Gasteiger partial charge in [-0.1, -0.05) is 61.4 Å². The summed E-state index contributed by atoms with van der Waals surface area (Å²) in [5, 5.41) is 3.54. The largest absolute Gasteiger partial charge is 0.449 e. The molecule has 3 aromatic rings. The number of nitrogens with one attached hydrogen (secondary N) is 2. The Morgan fingerprint density at radius 2 is 1.71 bits per heavy atom. The molecule has 2 N–H and O–H groups in total. The van der Waals surface area contributed by atoms with E-state index in [1.54, 1.807) is 30.5 Å². The zero-order valence-electron chi connectivity index (χ0n) is 18.6. The molecule has 1 aromatic heterocycles. The highest BCUT2D eigenvalue weighted by molar-refractivity contribution is 6.10. The van der Waals surface area contributed by atoms with Gasteiger partial charge in [-0.3, -0.25) is 19.3 Å². The van der Waals surface area contributed by atoms with Crippen LogP contribution in [0.5, 0.6) is 0 Å². The number of urea groups is 1. The van der Waals surface area contributed by atoms with Crippen LogP contribution in [0.1, 0.15) is 54.1 Å². The predicted molar refractivity (Wildman–Crippen MR) is 124 cm³/mol. The van der Waals surface area contributed by atoms with Gasteiger partial charge in [-0.25, -0.2) is 4.79 Å². The first-order chi connectivity index (χ1) is 16.5. The highest BCUT2D eigenvalue weighted by atomic mass is 16.5. The number of nitrogens with zero attached hydrogens (tertiary/aromatic N) is 1. The number of aromatic amines is 1. The third-order valence-electron chi connectivity index (χ3n) is 6.69. The van der Waals surface area contributed by atoms with Gasteiger partial charge in [0.05, 0.1) is 6.42 Å². The van der Waals surface area contributed by atoms with Crippen LogP contribution >= 0.6 is 0 Å². The van der Waals surface area contributed by atoms with Crippen LogP contribution in [0.15, 0.2) is 60.8 Å². The number of imide groups is 1. The molecular formula is C26H25N3O5. The Bertz CT molecular complexity index is 1260. The first-order valence-corrected chi connectivity index (χ1v) is 11.5. The van der Waals surface area contributed by atoms with Crippen LogP contribution < -0.4 is 5.32 Å². The summed E-state index contributed by atoms with van der Waals surface area (Å²) >= 11 is 0. The topological polar surface area (TPSA) is 109 Å². The zero-order valence-corrected chi connectivity index (χ0v) is 18.6. The molecule has 2 aromatic carbocycles. The SMILES string of the molecule is O=C(CCN1C(=O)NC2(CCCC2)C1=O)OC(C(=O)c1c[nH]c2ccccc12)c1ccccc1. The molecule has 1 spiro atoms. The van der Waals surface area contributed by atoms with Gasteiger partial charge in [0.15, 0.2) is 6.10 Å². The summed E-state index contributed by atoms with van der Waals surface area (Å²) in [4.78, 5) is 55.6. The lowest BCUT2D eigenvalue weighted by Gasteiger charge is -2.20. The van der Waals surface area contributed by atoms with Crippen molar-refractivity contribution in [2.75, 3.05) is 6.54 Å².